The van der Waals surface area contributed by atoms with E-state index in [1.807, 2.05) is 63.2 Å². The van der Waals surface area contributed by atoms with Crippen molar-refractivity contribution in [3.8, 4) is 21.6 Å². The second kappa shape index (κ2) is 8.83. The third kappa shape index (κ3) is 4.57. The Balaban J connectivity index is 1.68. The number of aromatic nitrogens is 3. The third-order valence-electron chi connectivity index (χ3n) is 5.34. The molecule has 0 saturated carbocycles. The van der Waals surface area contributed by atoms with E-state index in [0.29, 0.717) is 12.1 Å². The van der Waals surface area contributed by atoms with Crippen molar-refractivity contribution >= 4 is 17.2 Å². The fourth-order valence-electron chi connectivity index (χ4n) is 3.54. The third-order valence-corrected chi connectivity index (χ3v) is 6.16. The molecule has 4 aromatic rings. The maximum Gasteiger partial charge on any atom is 0.252 e. The molecule has 0 bridgehead atoms. The lowest BCUT2D eigenvalue weighted by Crippen LogP contribution is -2.27. The highest BCUT2D eigenvalue weighted by molar-refractivity contribution is 7.13. The van der Waals surface area contributed by atoms with Crippen LogP contribution in [0.5, 0.6) is 0 Å². The fourth-order valence-corrected chi connectivity index (χ4v) is 4.15. The highest BCUT2D eigenvalue weighted by atomic mass is 32.1. The molecule has 7 heteroatoms. The van der Waals surface area contributed by atoms with Crippen LogP contribution in [0, 0.1) is 6.92 Å². The van der Waals surface area contributed by atoms with Crippen molar-refractivity contribution in [2.24, 2.45) is 12.8 Å². The van der Waals surface area contributed by atoms with Crippen molar-refractivity contribution in [2.45, 2.75) is 26.4 Å². The van der Waals surface area contributed by atoms with Gasteiger partial charge in [-0.1, -0.05) is 12.1 Å². The summed E-state index contributed by atoms with van der Waals surface area (Å²) in [5, 5.41) is 7.45. The molecule has 2 heterocycles. The minimum Gasteiger partial charge on any atom is -0.346 e. The number of carbonyl (C=O) groups excluding carboxylic acids is 1. The topological polar surface area (TPSA) is 85.8 Å². The zero-order chi connectivity index (χ0) is 22.0. The zero-order valence-corrected chi connectivity index (χ0v) is 18.6. The second-order valence-electron chi connectivity index (χ2n) is 7.66. The summed E-state index contributed by atoms with van der Waals surface area (Å²) in [5.41, 5.74) is 14.3. The van der Waals surface area contributed by atoms with Gasteiger partial charge in [0.25, 0.3) is 5.91 Å². The van der Waals surface area contributed by atoms with E-state index in [1.54, 1.807) is 16.0 Å². The number of amides is 1. The van der Waals surface area contributed by atoms with Gasteiger partial charge in [0, 0.05) is 37.1 Å². The van der Waals surface area contributed by atoms with E-state index in [2.05, 4.69) is 33.6 Å². The van der Waals surface area contributed by atoms with Gasteiger partial charge < -0.3 is 11.1 Å². The van der Waals surface area contributed by atoms with Crippen LogP contribution in [0.25, 0.3) is 21.6 Å². The van der Waals surface area contributed by atoms with Gasteiger partial charge in [-0.3, -0.25) is 14.5 Å². The summed E-state index contributed by atoms with van der Waals surface area (Å²) < 4.78 is 1.78. The number of carbonyl (C=O) groups is 1. The molecule has 0 aliphatic rings. The summed E-state index contributed by atoms with van der Waals surface area (Å²) in [6.07, 6.45) is 5.70. The Morgan fingerprint density at radius 3 is 2.65 bits per heavy atom. The van der Waals surface area contributed by atoms with Crippen molar-refractivity contribution in [3.05, 3.63) is 82.8 Å². The normalized spacial score (nSPS) is 12.0. The minimum atomic E-state index is -0.184. The van der Waals surface area contributed by atoms with Crippen LogP contribution in [0.4, 0.5) is 0 Å². The molecule has 0 spiro atoms. The minimum absolute atomic E-state index is 0.105. The van der Waals surface area contributed by atoms with Gasteiger partial charge in [0.15, 0.2) is 0 Å². The number of nitrogens with two attached hydrogens (primary N) is 1. The molecular formula is C24H25N5OS. The Labute approximate surface area is 185 Å². The van der Waals surface area contributed by atoms with Crippen molar-refractivity contribution in [2.75, 3.05) is 0 Å². The number of nitrogens with one attached hydrogen (secondary N) is 1. The Morgan fingerprint density at radius 1 is 1.16 bits per heavy atom. The number of hydrogen-bond acceptors (Lipinski definition) is 5. The number of benzene rings is 2. The van der Waals surface area contributed by atoms with E-state index in [0.717, 1.165) is 38.3 Å². The van der Waals surface area contributed by atoms with Crippen molar-refractivity contribution in [1.29, 1.82) is 0 Å². The van der Waals surface area contributed by atoms with Gasteiger partial charge in [-0.15, -0.1) is 11.3 Å². The van der Waals surface area contributed by atoms with Crippen LogP contribution >= 0.6 is 11.3 Å². The van der Waals surface area contributed by atoms with Crippen LogP contribution in [0.2, 0.25) is 0 Å². The Bertz CT molecular complexity index is 1210. The second-order valence-corrected chi connectivity index (χ2v) is 8.55. The number of thiazole rings is 1. The highest BCUT2D eigenvalue weighted by Gasteiger charge is 2.16. The molecule has 0 aliphatic carbocycles. The van der Waals surface area contributed by atoms with Crippen LogP contribution in [0.1, 0.15) is 40.0 Å². The largest absolute Gasteiger partial charge is 0.346 e. The summed E-state index contributed by atoms with van der Waals surface area (Å²) in [7, 11) is 1.90. The molecule has 0 aliphatic heterocycles. The molecule has 1 unspecified atom stereocenters. The van der Waals surface area contributed by atoms with E-state index in [-0.39, 0.29) is 11.9 Å². The maximum absolute atomic E-state index is 13.0. The van der Waals surface area contributed by atoms with Crippen molar-refractivity contribution in [1.82, 2.24) is 20.1 Å². The van der Waals surface area contributed by atoms with E-state index in [1.165, 1.54) is 0 Å². The average Bonchev–Trinajstić information content (AvgIpc) is 3.46. The first-order valence-corrected chi connectivity index (χ1v) is 11.0. The van der Waals surface area contributed by atoms with Gasteiger partial charge in [-0.05, 0) is 65.9 Å². The molecule has 2 aromatic heterocycles. The van der Waals surface area contributed by atoms with Gasteiger partial charge in [-0.25, -0.2) is 0 Å². The molecule has 0 saturated heterocycles. The average molecular weight is 432 g/mol. The van der Waals surface area contributed by atoms with Crippen LogP contribution in [-0.2, 0) is 13.6 Å². The molecule has 1 amide bonds. The number of aryl methyl sites for hydroxylation is 2. The molecule has 0 radical (unpaired) electrons. The summed E-state index contributed by atoms with van der Waals surface area (Å²) in [4.78, 5) is 18.3. The van der Waals surface area contributed by atoms with E-state index in [4.69, 9.17) is 5.73 Å². The lowest BCUT2D eigenvalue weighted by atomic mass is 9.97. The smallest absolute Gasteiger partial charge is 0.252 e. The SMILES string of the molecule is Cc1ccc(CN)cc1C(=O)NC(C)c1cc(-c2cnn(C)c2)cc(-c2cncs2)c1. The van der Waals surface area contributed by atoms with Crippen molar-refractivity contribution < 1.29 is 4.79 Å². The van der Waals surface area contributed by atoms with Crippen LogP contribution in [0.15, 0.2) is 60.5 Å². The summed E-state index contributed by atoms with van der Waals surface area (Å²) in [6.45, 7) is 4.34. The lowest BCUT2D eigenvalue weighted by Gasteiger charge is -2.18. The van der Waals surface area contributed by atoms with Crippen LogP contribution in [-0.4, -0.2) is 20.7 Å². The number of hydrogen-bond donors (Lipinski definition) is 2. The standard InChI is InChI=1S/C24H25N5OS/c1-15-4-5-17(10-25)6-22(15)24(30)28-16(2)18-7-19(21-11-27-29(3)13-21)9-20(8-18)23-12-26-14-31-23/h4-9,11-14,16H,10,25H2,1-3H3,(H,28,30). The van der Waals surface area contributed by atoms with Crippen LogP contribution in [0.3, 0.4) is 0 Å². The number of nitrogens with zero attached hydrogens (tertiary/aromatic N) is 3. The molecule has 6 nitrogen and oxygen atoms in total. The first-order chi connectivity index (χ1) is 14.9. The van der Waals surface area contributed by atoms with Gasteiger partial charge in [-0.2, -0.15) is 5.10 Å². The Hall–Kier alpha value is -3.29. The Morgan fingerprint density at radius 2 is 1.97 bits per heavy atom. The van der Waals surface area contributed by atoms with E-state index >= 15 is 0 Å². The molecule has 2 aromatic carbocycles. The van der Waals surface area contributed by atoms with Gasteiger partial charge in [0.1, 0.15) is 0 Å². The van der Waals surface area contributed by atoms with Gasteiger partial charge >= 0.3 is 0 Å². The number of rotatable bonds is 6. The lowest BCUT2D eigenvalue weighted by molar-refractivity contribution is 0.0939. The summed E-state index contributed by atoms with van der Waals surface area (Å²) >= 11 is 1.59. The van der Waals surface area contributed by atoms with E-state index in [9.17, 15) is 4.79 Å². The predicted molar refractivity (Wildman–Crippen MR) is 125 cm³/mol. The van der Waals surface area contributed by atoms with Crippen molar-refractivity contribution in [3.63, 3.8) is 0 Å². The Kier molecular flexibility index (Phi) is 5.97. The predicted octanol–water partition coefficient (Wildman–Crippen LogP) is 4.47. The first-order valence-electron chi connectivity index (χ1n) is 10.1. The molecule has 1 atom stereocenters. The molecular weight excluding hydrogens is 406 g/mol. The molecule has 3 N–H and O–H groups in total. The van der Waals surface area contributed by atoms with Crippen LogP contribution < -0.4 is 11.1 Å². The quantitative estimate of drug-likeness (QED) is 0.472. The maximum atomic E-state index is 13.0. The summed E-state index contributed by atoms with van der Waals surface area (Å²) in [6, 6.07) is 11.9. The molecule has 158 valence electrons. The monoisotopic (exact) mass is 431 g/mol. The highest BCUT2D eigenvalue weighted by Crippen LogP contribution is 2.32. The fraction of sp³-hybridized carbons (Fsp3) is 0.208. The summed E-state index contributed by atoms with van der Waals surface area (Å²) in [5.74, 6) is -0.105. The van der Waals surface area contributed by atoms with Gasteiger partial charge in [0.2, 0.25) is 0 Å². The molecule has 4 rings (SSSR count). The first kappa shape index (κ1) is 21.0. The van der Waals surface area contributed by atoms with E-state index < -0.39 is 0 Å². The zero-order valence-electron chi connectivity index (χ0n) is 17.8. The van der Waals surface area contributed by atoms with Gasteiger partial charge in [0.05, 0.1) is 22.6 Å². The molecule has 31 heavy (non-hydrogen) atoms. The molecule has 0 fully saturated rings.